The number of fused-ring (bicyclic) bond motifs is 8. The lowest BCUT2D eigenvalue weighted by molar-refractivity contribution is 1.18. The maximum Gasteiger partial charge on any atom is 0.197 e. The minimum absolute atomic E-state index is 1.07. The SMILES string of the molecule is Cc1ccccc1Nc1ccc2c(c1-c1cc(-c3ccccc3)cc3c1[B]c1cccc4c5ccccc5n-3c14)c1ccccc1n2-c1ccccc1. The zero-order valence-corrected chi connectivity index (χ0v) is 29.2. The fourth-order valence-electron chi connectivity index (χ4n) is 8.70. The number of nitrogens with zero attached hydrogens (tertiary/aromatic N) is 2. The third-order valence-corrected chi connectivity index (χ3v) is 11.1. The fraction of sp³-hybridized carbons (Fsp3) is 0.0204. The van der Waals surface area contributed by atoms with E-state index in [1.165, 1.54) is 88.0 Å². The first-order valence-corrected chi connectivity index (χ1v) is 18.3. The standard InChI is InChI=1S/C49H33BN3/c1-31-15-8-11-24-40(31)51-41-27-28-44-47(37-21-10-13-26-43(37)52(44)34-18-6-3-7-19-34)46(41)38-29-33(32-16-4-2-5-17-32)30-45-48(38)50-39-23-14-22-36-35-20-9-12-25-42(35)53(45)49(36)39/h2-30,51H,1H3. The van der Waals surface area contributed by atoms with E-state index in [1.54, 1.807) is 0 Å². The highest BCUT2D eigenvalue weighted by atomic mass is 15.0. The molecule has 8 aromatic carbocycles. The van der Waals surface area contributed by atoms with Gasteiger partial charge in [-0.25, -0.2) is 0 Å². The number of nitrogens with one attached hydrogen (secondary N) is 1. The van der Waals surface area contributed by atoms with Gasteiger partial charge in [-0.1, -0.05) is 127 Å². The van der Waals surface area contributed by atoms with Crippen LogP contribution in [0.3, 0.4) is 0 Å². The van der Waals surface area contributed by atoms with Crippen molar-refractivity contribution in [1.82, 2.24) is 9.13 Å². The molecule has 11 rings (SSSR count). The van der Waals surface area contributed by atoms with Crippen molar-refractivity contribution < 1.29 is 0 Å². The van der Waals surface area contributed by atoms with Crippen molar-refractivity contribution in [2.24, 2.45) is 0 Å². The Hall–Kier alpha value is -6.78. The Bertz CT molecular complexity index is 3060. The minimum Gasteiger partial charge on any atom is -0.355 e. The summed E-state index contributed by atoms with van der Waals surface area (Å²) in [6.45, 7) is 2.17. The van der Waals surface area contributed by atoms with E-state index >= 15 is 0 Å². The second kappa shape index (κ2) is 11.6. The second-order valence-electron chi connectivity index (χ2n) is 14.1. The molecule has 4 heteroatoms. The van der Waals surface area contributed by atoms with E-state index in [-0.39, 0.29) is 0 Å². The van der Waals surface area contributed by atoms with Gasteiger partial charge in [0.2, 0.25) is 0 Å². The van der Waals surface area contributed by atoms with Crippen LogP contribution in [0.4, 0.5) is 11.4 Å². The summed E-state index contributed by atoms with van der Waals surface area (Å²) >= 11 is 0. The van der Waals surface area contributed by atoms with E-state index in [4.69, 9.17) is 0 Å². The summed E-state index contributed by atoms with van der Waals surface area (Å²) in [5.41, 5.74) is 17.7. The molecule has 0 aliphatic carbocycles. The van der Waals surface area contributed by atoms with Crippen LogP contribution >= 0.6 is 0 Å². The Morgan fingerprint density at radius 3 is 1.98 bits per heavy atom. The number of aromatic nitrogens is 2. The molecule has 53 heavy (non-hydrogen) atoms. The van der Waals surface area contributed by atoms with Gasteiger partial charge in [0, 0.05) is 55.4 Å². The van der Waals surface area contributed by atoms with Crippen molar-refractivity contribution in [3.05, 3.63) is 181 Å². The number of hydrogen-bond donors (Lipinski definition) is 1. The van der Waals surface area contributed by atoms with Crippen LogP contribution in [-0.2, 0) is 0 Å². The van der Waals surface area contributed by atoms with Gasteiger partial charge in [0.15, 0.2) is 7.28 Å². The molecule has 3 heterocycles. The summed E-state index contributed by atoms with van der Waals surface area (Å²) in [5.74, 6) is 0. The molecule has 0 amide bonds. The number of anilines is 2. The maximum absolute atomic E-state index is 3.94. The highest BCUT2D eigenvalue weighted by Crippen LogP contribution is 2.45. The Labute approximate surface area is 308 Å². The number of benzene rings is 8. The Balaban J connectivity index is 1.32. The van der Waals surface area contributed by atoms with Crippen molar-refractivity contribution >= 4 is 73.2 Å². The molecular formula is C49H33BN3. The number of para-hydroxylation sites is 5. The number of rotatable bonds is 5. The monoisotopic (exact) mass is 674 g/mol. The lowest BCUT2D eigenvalue weighted by Crippen LogP contribution is -2.37. The van der Waals surface area contributed by atoms with E-state index in [2.05, 4.69) is 205 Å². The van der Waals surface area contributed by atoms with E-state index < -0.39 is 0 Å². The Morgan fingerprint density at radius 2 is 1.17 bits per heavy atom. The maximum atomic E-state index is 3.94. The predicted octanol–water partition coefficient (Wildman–Crippen LogP) is 11.2. The van der Waals surface area contributed by atoms with Gasteiger partial charge >= 0.3 is 0 Å². The lowest BCUT2D eigenvalue weighted by atomic mass is 9.58. The molecule has 1 aliphatic heterocycles. The van der Waals surface area contributed by atoms with Gasteiger partial charge in [0.05, 0.1) is 16.6 Å². The minimum atomic E-state index is 1.07. The summed E-state index contributed by atoms with van der Waals surface area (Å²) in [6.07, 6.45) is 0. The molecule has 0 bridgehead atoms. The Kier molecular flexibility index (Phi) is 6.56. The molecule has 2 aromatic heterocycles. The van der Waals surface area contributed by atoms with Crippen LogP contribution in [0, 0.1) is 6.92 Å². The third kappa shape index (κ3) is 4.49. The molecule has 0 saturated heterocycles. The molecule has 0 atom stereocenters. The lowest BCUT2D eigenvalue weighted by Gasteiger charge is -2.26. The molecule has 3 nitrogen and oxygen atoms in total. The van der Waals surface area contributed by atoms with Crippen LogP contribution in [0.5, 0.6) is 0 Å². The average Bonchev–Trinajstić information content (AvgIpc) is 3.74. The zero-order valence-electron chi connectivity index (χ0n) is 29.2. The van der Waals surface area contributed by atoms with Crippen LogP contribution in [0.2, 0.25) is 0 Å². The Morgan fingerprint density at radius 1 is 0.491 bits per heavy atom. The van der Waals surface area contributed by atoms with Crippen LogP contribution in [0.25, 0.3) is 77.2 Å². The molecule has 1 N–H and O–H groups in total. The van der Waals surface area contributed by atoms with Crippen molar-refractivity contribution in [2.45, 2.75) is 6.92 Å². The summed E-state index contributed by atoms with van der Waals surface area (Å²) in [4.78, 5) is 0. The second-order valence-corrected chi connectivity index (χ2v) is 14.1. The molecule has 1 aliphatic rings. The summed E-state index contributed by atoms with van der Waals surface area (Å²) in [5, 5.41) is 8.94. The van der Waals surface area contributed by atoms with Crippen LogP contribution < -0.4 is 16.2 Å². The van der Waals surface area contributed by atoms with Gasteiger partial charge in [-0.15, -0.1) is 0 Å². The average molecular weight is 675 g/mol. The third-order valence-electron chi connectivity index (χ3n) is 11.1. The topological polar surface area (TPSA) is 21.9 Å². The molecule has 0 fully saturated rings. The first-order valence-electron chi connectivity index (χ1n) is 18.3. The van der Waals surface area contributed by atoms with Crippen molar-refractivity contribution in [3.8, 4) is 33.6 Å². The molecule has 0 unspecified atom stereocenters. The fourth-order valence-corrected chi connectivity index (χ4v) is 8.70. The van der Waals surface area contributed by atoms with E-state index in [9.17, 15) is 0 Å². The van der Waals surface area contributed by atoms with Gasteiger partial charge in [-0.3, -0.25) is 0 Å². The summed E-state index contributed by atoms with van der Waals surface area (Å²) < 4.78 is 4.92. The van der Waals surface area contributed by atoms with Crippen molar-refractivity contribution in [3.63, 3.8) is 0 Å². The highest BCUT2D eigenvalue weighted by molar-refractivity contribution is 6.73. The van der Waals surface area contributed by atoms with Crippen LogP contribution in [-0.4, -0.2) is 16.4 Å². The molecule has 247 valence electrons. The molecular weight excluding hydrogens is 641 g/mol. The summed E-state index contributed by atoms with van der Waals surface area (Å²) in [7, 11) is 2.42. The highest BCUT2D eigenvalue weighted by Gasteiger charge is 2.29. The molecule has 0 spiro atoms. The van der Waals surface area contributed by atoms with Gasteiger partial charge in [0.1, 0.15) is 0 Å². The smallest absolute Gasteiger partial charge is 0.197 e. The van der Waals surface area contributed by atoms with Gasteiger partial charge < -0.3 is 14.5 Å². The number of hydrogen-bond acceptors (Lipinski definition) is 1. The van der Waals surface area contributed by atoms with Crippen molar-refractivity contribution in [1.29, 1.82) is 0 Å². The molecule has 0 saturated carbocycles. The zero-order chi connectivity index (χ0) is 35.0. The van der Waals surface area contributed by atoms with Gasteiger partial charge in [-0.05, 0) is 89.2 Å². The number of aryl methyl sites for hydroxylation is 1. The quantitative estimate of drug-likeness (QED) is 0.180. The van der Waals surface area contributed by atoms with Gasteiger partial charge in [-0.2, -0.15) is 0 Å². The van der Waals surface area contributed by atoms with Crippen LogP contribution in [0.1, 0.15) is 5.56 Å². The van der Waals surface area contributed by atoms with Crippen molar-refractivity contribution in [2.75, 3.05) is 5.32 Å². The normalized spacial score (nSPS) is 12.0. The van der Waals surface area contributed by atoms with E-state index in [0.717, 1.165) is 17.1 Å². The largest absolute Gasteiger partial charge is 0.355 e. The summed E-state index contributed by atoms with van der Waals surface area (Å²) in [6, 6.07) is 64.0. The molecule has 1 radical (unpaired) electrons. The van der Waals surface area contributed by atoms with Crippen LogP contribution in [0.15, 0.2) is 176 Å². The van der Waals surface area contributed by atoms with E-state index in [1.807, 2.05) is 0 Å². The first-order chi connectivity index (χ1) is 26.2. The predicted molar refractivity (Wildman–Crippen MR) is 225 cm³/mol. The van der Waals surface area contributed by atoms with E-state index in [0.29, 0.717) is 0 Å². The first kappa shape index (κ1) is 29.9. The molecule has 10 aromatic rings. The van der Waals surface area contributed by atoms with Gasteiger partial charge in [0.25, 0.3) is 0 Å².